The summed E-state index contributed by atoms with van der Waals surface area (Å²) in [5.74, 6) is 1.28. The number of hydrogen-bond acceptors (Lipinski definition) is 8. The van der Waals surface area contributed by atoms with Crippen molar-refractivity contribution >= 4 is 40.5 Å². The van der Waals surface area contributed by atoms with Crippen LogP contribution in [0.3, 0.4) is 0 Å². The molecule has 1 aromatic heterocycles. The maximum atomic E-state index is 13.6. The number of aromatic nitrogens is 2. The quantitative estimate of drug-likeness (QED) is 0.272. The maximum absolute atomic E-state index is 13.6. The van der Waals surface area contributed by atoms with Crippen LogP contribution in [0.4, 0.5) is 0 Å². The molecule has 12 nitrogen and oxygen atoms in total. The van der Waals surface area contributed by atoms with E-state index in [0.29, 0.717) is 28.2 Å². The van der Waals surface area contributed by atoms with Gasteiger partial charge in [0.25, 0.3) is 5.56 Å². The first-order valence-electron chi connectivity index (χ1n) is 20.4. The first kappa shape index (κ1) is 38.6. The third-order valence-electron chi connectivity index (χ3n) is 13.2. The molecule has 1 saturated carbocycles. The highest BCUT2D eigenvalue weighted by atomic mass is 35.5. The van der Waals surface area contributed by atoms with Crippen LogP contribution in [0.2, 0.25) is 5.02 Å². The second-order valence-electron chi connectivity index (χ2n) is 17.5. The fourth-order valence-corrected chi connectivity index (χ4v) is 10.1. The predicted octanol–water partition coefficient (Wildman–Crippen LogP) is 5.95. The lowest BCUT2D eigenvalue weighted by Gasteiger charge is -2.36. The number of fused-ring (bicyclic) bond motifs is 5. The van der Waals surface area contributed by atoms with E-state index in [1.165, 1.54) is 16.0 Å². The van der Waals surface area contributed by atoms with Gasteiger partial charge in [-0.1, -0.05) is 43.6 Å². The van der Waals surface area contributed by atoms with Gasteiger partial charge in [-0.25, -0.2) is 0 Å². The van der Waals surface area contributed by atoms with Crippen molar-refractivity contribution in [3.8, 4) is 5.69 Å². The number of rotatable bonds is 8. The van der Waals surface area contributed by atoms with Crippen LogP contribution in [-0.2, 0) is 15.0 Å². The van der Waals surface area contributed by atoms with Gasteiger partial charge in [0.1, 0.15) is 23.3 Å². The van der Waals surface area contributed by atoms with Crippen LogP contribution in [-0.4, -0.2) is 92.5 Å². The van der Waals surface area contributed by atoms with E-state index in [-0.39, 0.29) is 36.3 Å². The summed E-state index contributed by atoms with van der Waals surface area (Å²) in [6, 6.07) is 11.8. The highest BCUT2D eigenvalue weighted by molar-refractivity contribution is 6.35. The van der Waals surface area contributed by atoms with Crippen molar-refractivity contribution in [2.75, 3.05) is 33.2 Å². The minimum Gasteiger partial charge on any atom is -0.391 e. The molecule has 4 aliphatic heterocycles. The molecule has 0 spiro atoms. The molecule has 3 atom stereocenters. The Kier molecular flexibility index (Phi) is 10.5. The molecule has 296 valence electrons. The number of hydrogen-bond donors (Lipinski definition) is 2. The highest BCUT2D eigenvalue weighted by Gasteiger charge is 2.43. The summed E-state index contributed by atoms with van der Waals surface area (Å²) in [5, 5.41) is 22.7. The van der Waals surface area contributed by atoms with Crippen molar-refractivity contribution < 1.29 is 19.4 Å². The molecular weight excluding hydrogens is 728 g/mol. The van der Waals surface area contributed by atoms with Crippen molar-refractivity contribution in [1.82, 2.24) is 24.7 Å². The van der Waals surface area contributed by atoms with Crippen molar-refractivity contribution in [2.24, 2.45) is 34.0 Å². The molecule has 8 rings (SSSR count). The number of allylic oxidation sites excluding steroid dienone is 1. The SMILES string of the molecule is CNC(=O)[C@@H]1C[C@@H](O)CN1C(=O)C(/C=[N+]1/C=C(C2CCC(CN3CCC(c4ccc5c(c4)-n4c(nc(=O)c6c(Cl)cccc64)C5(C)C)CC3)CC2)N=N1)C(C)C. The van der Waals surface area contributed by atoms with Crippen LogP contribution >= 0.6 is 11.6 Å². The molecule has 2 N–H and O–H groups in total. The molecule has 13 heteroatoms. The van der Waals surface area contributed by atoms with Crippen LogP contribution in [0.15, 0.2) is 63.4 Å². The summed E-state index contributed by atoms with van der Waals surface area (Å²) in [6.07, 6.45) is 9.97. The van der Waals surface area contributed by atoms with Gasteiger partial charge in [0.05, 0.1) is 44.2 Å². The Labute approximate surface area is 333 Å². The van der Waals surface area contributed by atoms with Crippen molar-refractivity contribution in [3.05, 3.63) is 80.6 Å². The van der Waals surface area contributed by atoms with Gasteiger partial charge in [-0.3, -0.25) is 19.0 Å². The monoisotopic (exact) mass is 781 g/mol. The van der Waals surface area contributed by atoms with E-state index in [9.17, 15) is 19.5 Å². The first-order chi connectivity index (χ1) is 26.8. The number of halogens is 1. The van der Waals surface area contributed by atoms with E-state index in [4.69, 9.17) is 11.6 Å². The zero-order valence-electron chi connectivity index (χ0n) is 33.1. The van der Waals surface area contributed by atoms with Gasteiger partial charge < -0.3 is 20.2 Å². The molecule has 0 radical (unpaired) electrons. The first-order valence-corrected chi connectivity index (χ1v) is 20.8. The number of amides is 2. The minimum absolute atomic E-state index is 0.0244. The number of benzene rings is 2. The number of nitrogens with one attached hydrogen (secondary N) is 1. The number of carbonyl (C=O) groups is 2. The summed E-state index contributed by atoms with van der Waals surface area (Å²) in [5.41, 5.74) is 4.75. The summed E-state index contributed by atoms with van der Waals surface area (Å²) in [7, 11) is 1.55. The minimum atomic E-state index is -0.715. The molecule has 0 bridgehead atoms. The Bertz CT molecular complexity index is 2190. The standard InChI is InChI=1S/C43H53ClN8O4/c1-25(2)31(41(56)51-22-30(53)20-37(51)39(54)45-5)23-50-24-34(47-48-50)28-11-9-26(10-12-28)21-49-17-15-27(16-18-49)29-13-14-32-36(19-29)52-35-8-6-7-33(44)38(35)40(55)46-42(52)43(32,3)4/h6-8,13-14,19,23-28,30-31,37,53H,9-12,15-18,20-22H2,1-5H3/p+1/b50-23-/t26?,28?,30-,31?,37+/m1/s1. The van der Waals surface area contributed by atoms with Gasteiger partial charge in [-0.05, 0) is 113 Å². The number of likely N-dealkylation sites (N-methyl/N-ethyl adjacent to an activating group) is 1. The van der Waals surface area contributed by atoms with E-state index in [1.807, 2.05) is 38.4 Å². The summed E-state index contributed by atoms with van der Waals surface area (Å²) >= 11 is 6.51. The van der Waals surface area contributed by atoms with Crippen molar-refractivity contribution in [2.45, 2.75) is 96.1 Å². The Morgan fingerprint density at radius 1 is 1.07 bits per heavy atom. The molecule has 3 aromatic rings. The van der Waals surface area contributed by atoms with Gasteiger partial charge >= 0.3 is 0 Å². The molecule has 2 aromatic carbocycles. The molecule has 1 aliphatic carbocycles. The van der Waals surface area contributed by atoms with Crippen LogP contribution in [0.25, 0.3) is 16.6 Å². The molecule has 56 heavy (non-hydrogen) atoms. The molecule has 2 saturated heterocycles. The van der Waals surface area contributed by atoms with Crippen LogP contribution < -0.4 is 10.9 Å². The van der Waals surface area contributed by atoms with Crippen molar-refractivity contribution in [3.63, 3.8) is 0 Å². The third-order valence-corrected chi connectivity index (χ3v) is 13.5. The topological polar surface area (TPSA) is 136 Å². The third kappa shape index (κ3) is 7.02. The molecule has 5 heterocycles. The Morgan fingerprint density at radius 3 is 2.54 bits per heavy atom. The van der Waals surface area contributed by atoms with Crippen molar-refractivity contribution in [1.29, 1.82) is 0 Å². The van der Waals surface area contributed by atoms with Gasteiger partial charge in [0.15, 0.2) is 6.20 Å². The average molecular weight is 782 g/mol. The Hall–Kier alpha value is -4.26. The predicted molar refractivity (Wildman–Crippen MR) is 216 cm³/mol. The van der Waals surface area contributed by atoms with E-state index in [0.717, 1.165) is 80.9 Å². The zero-order valence-corrected chi connectivity index (χ0v) is 33.9. The fraction of sp³-hybridized carbons (Fsp3) is 0.558. The lowest BCUT2D eigenvalue weighted by molar-refractivity contribution is -0.461. The molecule has 2 amide bonds. The Morgan fingerprint density at radius 2 is 1.82 bits per heavy atom. The van der Waals surface area contributed by atoms with E-state index in [2.05, 4.69) is 62.2 Å². The van der Waals surface area contributed by atoms with E-state index in [1.54, 1.807) is 17.8 Å². The van der Waals surface area contributed by atoms with Gasteiger partial charge in [-0.2, -0.15) is 4.98 Å². The van der Waals surface area contributed by atoms with Crippen LogP contribution in [0.5, 0.6) is 0 Å². The molecule has 3 fully saturated rings. The second-order valence-corrected chi connectivity index (χ2v) is 17.9. The summed E-state index contributed by atoms with van der Waals surface area (Å²) < 4.78 is 3.83. The Balaban J connectivity index is 0.865. The molecule has 1 unspecified atom stereocenters. The van der Waals surface area contributed by atoms with E-state index >= 15 is 0 Å². The highest BCUT2D eigenvalue weighted by Crippen LogP contribution is 2.45. The summed E-state index contributed by atoms with van der Waals surface area (Å²) in [4.78, 5) is 47.9. The van der Waals surface area contributed by atoms with E-state index < -0.39 is 23.5 Å². The average Bonchev–Trinajstić information content (AvgIpc) is 3.88. The van der Waals surface area contributed by atoms with Crippen LogP contribution in [0.1, 0.15) is 95.5 Å². The molecular formula is C43H54ClN8O4+. The lowest BCUT2D eigenvalue weighted by atomic mass is 9.80. The number of aliphatic hydroxyl groups excluding tert-OH is 1. The van der Waals surface area contributed by atoms with Crippen LogP contribution in [0, 0.1) is 23.7 Å². The lowest BCUT2D eigenvalue weighted by Crippen LogP contribution is -2.48. The van der Waals surface area contributed by atoms with Gasteiger partial charge in [-0.15, -0.1) is 4.68 Å². The number of β-amino-alcohol motifs (C(OH)–C–C–N with tert-alkyl or cyclic N) is 1. The maximum Gasteiger partial charge on any atom is 0.282 e. The van der Waals surface area contributed by atoms with Gasteiger partial charge in [0.2, 0.25) is 17.5 Å². The fourth-order valence-electron chi connectivity index (χ4n) is 9.88. The number of aliphatic hydroxyl groups is 1. The molecule has 5 aliphatic rings. The second kappa shape index (κ2) is 15.2. The number of likely N-dealkylation sites (tertiary alicyclic amines) is 2. The zero-order chi connectivity index (χ0) is 39.5. The largest absolute Gasteiger partial charge is 0.391 e. The smallest absolute Gasteiger partial charge is 0.282 e. The van der Waals surface area contributed by atoms with Gasteiger partial charge in [0, 0.05) is 32.5 Å². The summed E-state index contributed by atoms with van der Waals surface area (Å²) in [6.45, 7) is 11.7. The number of piperidine rings is 1. The number of carbonyl (C=O) groups excluding carboxylic acids is 2. The number of nitrogens with zero attached hydrogens (tertiary/aromatic N) is 7. The normalized spacial score (nSPS) is 26.2.